The van der Waals surface area contributed by atoms with E-state index in [2.05, 4.69) is 188 Å². The van der Waals surface area contributed by atoms with Crippen LogP contribution < -0.4 is 9.64 Å². The Balaban J connectivity index is 1.12. The molecule has 8 aromatic carbocycles. The number of hydrogen-bond acceptors (Lipinski definition) is 3. The molecule has 0 saturated carbocycles. The van der Waals surface area contributed by atoms with Gasteiger partial charge in [0.15, 0.2) is 5.75 Å². The van der Waals surface area contributed by atoms with Crippen molar-refractivity contribution >= 4 is 40.2 Å². The molecule has 0 spiro atoms. The van der Waals surface area contributed by atoms with Crippen molar-refractivity contribution in [3.05, 3.63) is 199 Å². The van der Waals surface area contributed by atoms with Crippen LogP contribution in [0.3, 0.4) is 0 Å². The lowest BCUT2D eigenvalue weighted by Crippen LogP contribution is -2.15. The number of rotatable bonds is 9. The van der Waals surface area contributed by atoms with E-state index in [-0.39, 0.29) is 5.41 Å². The summed E-state index contributed by atoms with van der Waals surface area (Å²) in [5, 5.41) is 2.10. The van der Waals surface area contributed by atoms with Crippen LogP contribution in [0, 0.1) is 0 Å². The van der Waals surface area contributed by atoms with Crippen molar-refractivity contribution < 1.29 is 4.74 Å². The third kappa shape index (κ3) is 5.84. The van der Waals surface area contributed by atoms with Crippen molar-refractivity contribution in [2.75, 3.05) is 4.90 Å². The van der Waals surface area contributed by atoms with E-state index < -0.39 is 0 Å². The molecule has 0 unspecified atom stereocenters. The van der Waals surface area contributed by atoms with E-state index in [0.717, 1.165) is 56.0 Å². The highest BCUT2D eigenvalue weighted by atomic mass is 16.5. The Labute approximate surface area is 317 Å². The topological polar surface area (TPSA) is 24.8 Å². The van der Waals surface area contributed by atoms with Crippen LogP contribution in [0.5, 0.6) is 5.75 Å². The van der Waals surface area contributed by atoms with Crippen LogP contribution in [0.15, 0.2) is 187 Å². The van der Waals surface area contributed by atoms with Crippen LogP contribution in [0.25, 0.3) is 44.2 Å². The van der Waals surface area contributed by atoms with Crippen molar-refractivity contribution in [2.24, 2.45) is 4.99 Å². The Morgan fingerprint density at radius 2 is 1.19 bits per heavy atom. The fraction of sp³-hybridized carbons (Fsp3) is 0.0784. The number of nitrogens with zero attached hydrogens (tertiary/aromatic N) is 2. The summed E-state index contributed by atoms with van der Waals surface area (Å²) in [5.74, 6) is 0.751. The minimum Gasteiger partial charge on any atom is -0.486 e. The highest BCUT2D eigenvalue weighted by Crippen LogP contribution is 2.51. The zero-order valence-corrected chi connectivity index (χ0v) is 30.5. The van der Waals surface area contributed by atoms with Crippen LogP contribution >= 0.6 is 0 Å². The van der Waals surface area contributed by atoms with Gasteiger partial charge in [-0.2, -0.15) is 0 Å². The molecule has 0 saturated heterocycles. The third-order valence-corrected chi connectivity index (χ3v) is 10.9. The molecule has 1 aliphatic carbocycles. The Kier molecular flexibility index (Phi) is 8.40. The summed E-state index contributed by atoms with van der Waals surface area (Å²) in [4.78, 5) is 6.68. The van der Waals surface area contributed by atoms with E-state index in [9.17, 15) is 0 Å². The van der Waals surface area contributed by atoms with E-state index >= 15 is 0 Å². The summed E-state index contributed by atoms with van der Waals surface area (Å²) in [6.45, 7) is 8.93. The van der Waals surface area contributed by atoms with Crippen LogP contribution in [0.1, 0.15) is 30.5 Å². The van der Waals surface area contributed by atoms with Gasteiger partial charge in [0, 0.05) is 27.7 Å². The lowest BCUT2D eigenvalue weighted by Gasteiger charge is -2.29. The van der Waals surface area contributed by atoms with Crippen molar-refractivity contribution in [2.45, 2.75) is 25.9 Å². The first kappa shape index (κ1) is 33.1. The molecule has 8 aromatic rings. The number of ether oxygens (including phenoxy) is 1. The van der Waals surface area contributed by atoms with Gasteiger partial charge in [-0.15, -0.1) is 0 Å². The normalized spacial score (nSPS) is 12.6. The molecule has 0 bridgehead atoms. The van der Waals surface area contributed by atoms with Gasteiger partial charge in [-0.05, 0) is 105 Å². The standard InChI is InChI=1S/C51H40N2O/c1-51(2)46-20-12-10-19-44(46)45-33-41(28-30-47(45)51)53(49-21-13-11-18-42(49)37-16-8-5-9-17-37)40-26-22-36(23-27-40)38-24-29-43-39(32-38)25-31-48(52-3)50(43)54-34-35-14-6-4-7-15-35/h4-33H,3,34H2,1-2H3. The molecule has 54 heavy (non-hydrogen) atoms. The SMILES string of the molecule is C=Nc1ccc2cc(-c3ccc(N(c4ccc5c(c4)-c4ccccc4C5(C)C)c4ccccc4-c4ccccc4)cc3)ccc2c1OCc1ccccc1. The zero-order chi connectivity index (χ0) is 36.6. The monoisotopic (exact) mass is 696 g/mol. The second kappa shape index (κ2) is 13.7. The van der Waals surface area contributed by atoms with Gasteiger partial charge in [0.1, 0.15) is 12.3 Å². The molecular weight excluding hydrogens is 657 g/mol. The molecule has 0 aromatic heterocycles. The zero-order valence-electron chi connectivity index (χ0n) is 30.5. The van der Waals surface area contributed by atoms with Gasteiger partial charge in [-0.1, -0.05) is 147 Å². The van der Waals surface area contributed by atoms with E-state index in [1.807, 2.05) is 24.3 Å². The van der Waals surface area contributed by atoms with Gasteiger partial charge < -0.3 is 9.64 Å². The van der Waals surface area contributed by atoms with Crippen LogP contribution in [0.4, 0.5) is 22.7 Å². The van der Waals surface area contributed by atoms with Gasteiger partial charge in [-0.3, -0.25) is 4.99 Å². The summed E-state index contributed by atoms with van der Waals surface area (Å²) in [7, 11) is 0. The van der Waals surface area contributed by atoms with Crippen molar-refractivity contribution in [1.82, 2.24) is 0 Å². The van der Waals surface area contributed by atoms with Crippen molar-refractivity contribution in [1.29, 1.82) is 0 Å². The van der Waals surface area contributed by atoms with Gasteiger partial charge in [-0.25, -0.2) is 0 Å². The largest absolute Gasteiger partial charge is 0.486 e. The van der Waals surface area contributed by atoms with Gasteiger partial charge in [0.2, 0.25) is 0 Å². The maximum absolute atomic E-state index is 6.36. The van der Waals surface area contributed by atoms with Gasteiger partial charge >= 0.3 is 0 Å². The van der Waals surface area contributed by atoms with Gasteiger partial charge in [0.05, 0.1) is 5.69 Å². The Hall–Kier alpha value is -6.71. The first-order chi connectivity index (χ1) is 26.5. The number of benzene rings is 8. The van der Waals surface area contributed by atoms with Crippen LogP contribution in [-0.2, 0) is 12.0 Å². The molecule has 0 radical (unpaired) electrons. The third-order valence-electron chi connectivity index (χ3n) is 10.9. The summed E-state index contributed by atoms with van der Waals surface area (Å²) in [6, 6.07) is 65.0. The number of anilines is 3. The second-order valence-corrected chi connectivity index (χ2v) is 14.4. The maximum Gasteiger partial charge on any atom is 0.153 e. The van der Waals surface area contributed by atoms with Crippen molar-refractivity contribution in [3.8, 4) is 39.1 Å². The Morgan fingerprint density at radius 1 is 0.537 bits per heavy atom. The number of fused-ring (bicyclic) bond motifs is 4. The molecule has 0 N–H and O–H groups in total. The molecule has 3 heteroatoms. The number of para-hydroxylation sites is 1. The fourth-order valence-electron chi connectivity index (χ4n) is 8.08. The molecule has 260 valence electrons. The van der Waals surface area contributed by atoms with E-state index in [4.69, 9.17) is 4.74 Å². The summed E-state index contributed by atoms with van der Waals surface area (Å²) >= 11 is 0. The lowest BCUT2D eigenvalue weighted by atomic mass is 9.82. The minimum absolute atomic E-state index is 0.0583. The minimum atomic E-state index is -0.0583. The predicted octanol–water partition coefficient (Wildman–Crippen LogP) is 13.9. The average molecular weight is 697 g/mol. The molecule has 9 rings (SSSR count). The first-order valence-electron chi connectivity index (χ1n) is 18.5. The summed E-state index contributed by atoms with van der Waals surface area (Å²) < 4.78 is 6.36. The number of aliphatic imine (C=N–C) groups is 1. The van der Waals surface area contributed by atoms with E-state index in [0.29, 0.717) is 6.61 Å². The smallest absolute Gasteiger partial charge is 0.153 e. The molecule has 1 aliphatic rings. The molecule has 0 heterocycles. The Morgan fingerprint density at radius 3 is 1.96 bits per heavy atom. The first-order valence-corrected chi connectivity index (χ1v) is 18.5. The number of hydrogen-bond donors (Lipinski definition) is 0. The van der Waals surface area contributed by atoms with E-state index in [1.165, 1.54) is 33.4 Å². The lowest BCUT2D eigenvalue weighted by molar-refractivity contribution is 0.311. The molecule has 0 atom stereocenters. The van der Waals surface area contributed by atoms with Crippen LogP contribution in [-0.4, -0.2) is 6.72 Å². The average Bonchev–Trinajstić information content (AvgIpc) is 3.46. The Bertz CT molecular complexity index is 2640. The fourth-order valence-corrected chi connectivity index (χ4v) is 8.08. The predicted molar refractivity (Wildman–Crippen MR) is 227 cm³/mol. The van der Waals surface area contributed by atoms with Crippen LogP contribution in [0.2, 0.25) is 0 Å². The highest BCUT2D eigenvalue weighted by Gasteiger charge is 2.35. The summed E-state index contributed by atoms with van der Waals surface area (Å²) in [6.07, 6.45) is 0. The van der Waals surface area contributed by atoms with E-state index in [1.54, 1.807) is 0 Å². The molecular formula is C51H40N2O. The highest BCUT2D eigenvalue weighted by molar-refractivity contribution is 5.96. The molecule has 0 amide bonds. The summed E-state index contributed by atoms with van der Waals surface area (Å²) in [5.41, 5.74) is 15.1. The van der Waals surface area contributed by atoms with Gasteiger partial charge in [0.25, 0.3) is 0 Å². The maximum atomic E-state index is 6.36. The molecule has 0 fully saturated rings. The second-order valence-electron chi connectivity index (χ2n) is 14.4. The quantitative estimate of drug-likeness (QED) is 0.140. The van der Waals surface area contributed by atoms with Crippen molar-refractivity contribution in [3.63, 3.8) is 0 Å². The molecule has 3 nitrogen and oxygen atoms in total. The molecule has 0 aliphatic heterocycles.